The fraction of sp³-hybridized carbons (Fsp3) is 0.0667. The van der Waals surface area contributed by atoms with Crippen molar-refractivity contribution in [3.05, 3.63) is 58.2 Å². The Morgan fingerprint density at radius 1 is 1.35 bits per heavy atom. The molecule has 0 radical (unpaired) electrons. The Kier molecular flexibility index (Phi) is 3.42. The van der Waals surface area contributed by atoms with E-state index < -0.39 is 0 Å². The minimum Gasteiger partial charge on any atom is -0.320 e. The Labute approximate surface area is 125 Å². The molecule has 0 spiro atoms. The zero-order valence-electron chi connectivity index (χ0n) is 10.7. The van der Waals surface area contributed by atoms with Crippen molar-refractivity contribution in [2.24, 2.45) is 0 Å². The average Bonchev–Trinajstić information content (AvgIpc) is 2.76. The third kappa shape index (κ3) is 2.40. The summed E-state index contributed by atoms with van der Waals surface area (Å²) in [5.41, 5.74) is 1.80. The number of aromatic nitrogens is 1. The maximum Gasteiger partial charge on any atom is 0.267 e. The number of nitrogens with one attached hydrogen (secondary N) is 1. The standard InChI is InChI=1S/C15H11ClN2OS/c1-9-4-5-11-12(7-9)20-14(13(11)16)15(19)18-10-3-2-6-17-8-10/h2-8H,1H3,(H,18,19). The largest absolute Gasteiger partial charge is 0.320 e. The van der Waals surface area contributed by atoms with Crippen LogP contribution in [0.15, 0.2) is 42.7 Å². The molecular weight excluding hydrogens is 292 g/mol. The molecule has 3 nitrogen and oxygen atoms in total. The molecule has 0 fully saturated rings. The maximum absolute atomic E-state index is 12.3. The van der Waals surface area contributed by atoms with Gasteiger partial charge in [-0.25, -0.2) is 0 Å². The van der Waals surface area contributed by atoms with Crippen molar-refractivity contribution < 1.29 is 4.79 Å². The van der Waals surface area contributed by atoms with Crippen molar-refractivity contribution in [3.63, 3.8) is 0 Å². The van der Waals surface area contributed by atoms with Gasteiger partial charge in [0.05, 0.1) is 16.9 Å². The van der Waals surface area contributed by atoms with Gasteiger partial charge >= 0.3 is 0 Å². The van der Waals surface area contributed by atoms with E-state index in [1.807, 2.05) is 25.1 Å². The zero-order valence-corrected chi connectivity index (χ0v) is 12.3. The van der Waals surface area contributed by atoms with Crippen LogP contribution in [0.5, 0.6) is 0 Å². The van der Waals surface area contributed by atoms with Gasteiger partial charge in [0.25, 0.3) is 5.91 Å². The molecule has 1 amide bonds. The van der Waals surface area contributed by atoms with E-state index in [-0.39, 0.29) is 5.91 Å². The lowest BCUT2D eigenvalue weighted by Crippen LogP contribution is -2.10. The van der Waals surface area contributed by atoms with Crippen LogP contribution in [0.4, 0.5) is 5.69 Å². The van der Waals surface area contributed by atoms with Crippen molar-refractivity contribution in [1.29, 1.82) is 0 Å². The summed E-state index contributed by atoms with van der Waals surface area (Å²) in [5, 5.41) is 4.22. The molecule has 0 aliphatic heterocycles. The molecule has 2 heterocycles. The second-order valence-corrected chi connectivity index (χ2v) is 5.87. The van der Waals surface area contributed by atoms with Gasteiger partial charge < -0.3 is 5.32 Å². The third-order valence-corrected chi connectivity index (χ3v) is 4.57. The highest BCUT2D eigenvalue weighted by atomic mass is 35.5. The normalized spacial score (nSPS) is 10.7. The average molecular weight is 303 g/mol. The van der Waals surface area contributed by atoms with Crippen LogP contribution in [0.3, 0.4) is 0 Å². The van der Waals surface area contributed by atoms with E-state index in [1.54, 1.807) is 24.5 Å². The predicted molar refractivity (Wildman–Crippen MR) is 83.8 cm³/mol. The number of hydrogen-bond donors (Lipinski definition) is 1. The molecule has 0 aliphatic carbocycles. The molecule has 0 unspecified atom stereocenters. The Morgan fingerprint density at radius 2 is 2.20 bits per heavy atom. The summed E-state index contributed by atoms with van der Waals surface area (Å²) in [7, 11) is 0. The van der Waals surface area contributed by atoms with Crippen LogP contribution >= 0.6 is 22.9 Å². The van der Waals surface area contributed by atoms with Gasteiger partial charge in [-0.1, -0.05) is 23.7 Å². The summed E-state index contributed by atoms with van der Waals surface area (Å²) in [6.07, 6.45) is 3.26. The lowest BCUT2D eigenvalue weighted by Gasteiger charge is -2.02. The molecule has 0 bridgehead atoms. The first kappa shape index (κ1) is 13.1. The molecule has 1 aromatic carbocycles. The highest BCUT2D eigenvalue weighted by Crippen LogP contribution is 2.36. The molecule has 3 aromatic rings. The van der Waals surface area contributed by atoms with Gasteiger partial charge in [0.15, 0.2) is 0 Å². The zero-order chi connectivity index (χ0) is 14.1. The summed E-state index contributed by atoms with van der Waals surface area (Å²) < 4.78 is 1.02. The van der Waals surface area contributed by atoms with Crippen molar-refractivity contribution in [1.82, 2.24) is 4.98 Å². The topological polar surface area (TPSA) is 42.0 Å². The summed E-state index contributed by atoms with van der Waals surface area (Å²) in [6, 6.07) is 9.53. The number of anilines is 1. The van der Waals surface area contributed by atoms with Gasteiger partial charge in [-0.2, -0.15) is 0 Å². The van der Waals surface area contributed by atoms with Crippen LogP contribution in [0.25, 0.3) is 10.1 Å². The van der Waals surface area contributed by atoms with Crippen molar-refractivity contribution in [2.45, 2.75) is 6.92 Å². The van der Waals surface area contributed by atoms with Crippen molar-refractivity contribution >= 4 is 44.6 Å². The molecule has 100 valence electrons. The number of fused-ring (bicyclic) bond motifs is 1. The molecule has 3 rings (SSSR count). The first-order valence-corrected chi connectivity index (χ1v) is 7.24. The van der Waals surface area contributed by atoms with Crippen LogP contribution in [-0.4, -0.2) is 10.9 Å². The monoisotopic (exact) mass is 302 g/mol. The van der Waals surface area contributed by atoms with Crippen LogP contribution in [0.1, 0.15) is 15.2 Å². The molecule has 20 heavy (non-hydrogen) atoms. The molecular formula is C15H11ClN2OS. The minimum absolute atomic E-state index is 0.207. The molecule has 0 aliphatic rings. The maximum atomic E-state index is 12.3. The molecule has 0 saturated heterocycles. The van der Waals surface area contributed by atoms with E-state index >= 15 is 0 Å². The Bertz CT molecular complexity index is 783. The predicted octanol–water partition coefficient (Wildman–Crippen LogP) is 4.51. The molecule has 1 N–H and O–H groups in total. The Morgan fingerprint density at radius 3 is 2.95 bits per heavy atom. The van der Waals surface area contributed by atoms with Gasteiger partial charge in [0, 0.05) is 16.3 Å². The Balaban J connectivity index is 1.97. The van der Waals surface area contributed by atoms with E-state index in [0.717, 1.165) is 15.6 Å². The number of hydrogen-bond acceptors (Lipinski definition) is 3. The smallest absolute Gasteiger partial charge is 0.267 e. The number of benzene rings is 1. The number of thiophene rings is 1. The molecule has 2 aromatic heterocycles. The molecule has 0 saturated carbocycles. The highest BCUT2D eigenvalue weighted by molar-refractivity contribution is 7.21. The quantitative estimate of drug-likeness (QED) is 0.756. The van der Waals surface area contributed by atoms with Crippen LogP contribution in [-0.2, 0) is 0 Å². The van der Waals surface area contributed by atoms with Gasteiger partial charge in [-0.05, 0) is 30.7 Å². The first-order valence-electron chi connectivity index (χ1n) is 6.05. The van der Waals surface area contributed by atoms with Gasteiger partial charge in [0.2, 0.25) is 0 Å². The third-order valence-electron chi connectivity index (χ3n) is 2.91. The van der Waals surface area contributed by atoms with Gasteiger partial charge in [-0.15, -0.1) is 11.3 Å². The number of carbonyl (C=O) groups excluding carboxylic acids is 1. The molecule has 5 heteroatoms. The summed E-state index contributed by atoms with van der Waals surface area (Å²) >= 11 is 7.71. The van der Waals surface area contributed by atoms with E-state index in [0.29, 0.717) is 15.6 Å². The minimum atomic E-state index is -0.207. The number of nitrogens with zero attached hydrogens (tertiary/aromatic N) is 1. The van der Waals surface area contributed by atoms with E-state index in [2.05, 4.69) is 10.3 Å². The van der Waals surface area contributed by atoms with Crippen LogP contribution < -0.4 is 5.32 Å². The van der Waals surface area contributed by atoms with Gasteiger partial charge in [-0.3, -0.25) is 9.78 Å². The van der Waals surface area contributed by atoms with E-state index in [4.69, 9.17) is 11.6 Å². The van der Waals surface area contributed by atoms with Crippen molar-refractivity contribution in [3.8, 4) is 0 Å². The SMILES string of the molecule is Cc1ccc2c(Cl)c(C(=O)Nc3cccnc3)sc2c1. The Hall–Kier alpha value is -1.91. The number of pyridine rings is 1. The van der Waals surface area contributed by atoms with Crippen molar-refractivity contribution in [2.75, 3.05) is 5.32 Å². The van der Waals surface area contributed by atoms with Crippen LogP contribution in [0, 0.1) is 6.92 Å². The fourth-order valence-electron chi connectivity index (χ4n) is 1.94. The number of amides is 1. The summed E-state index contributed by atoms with van der Waals surface area (Å²) in [4.78, 5) is 16.8. The first-order chi connectivity index (χ1) is 9.65. The summed E-state index contributed by atoms with van der Waals surface area (Å²) in [6.45, 7) is 2.02. The van der Waals surface area contributed by atoms with E-state index in [9.17, 15) is 4.79 Å². The van der Waals surface area contributed by atoms with Gasteiger partial charge in [0.1, 0.15) is 4.88 Å². The summed E-state index contributed by atoms with van der Waals surface area (Å²) in [5.74, 6) is -0.207. The number of halogens is 1. The number of rotatable bonds is 2. The highest BCUT2D eigenvalue weighted by Gasteiger charge is 2.17. The number of aryl methyl sites for hydroxylation is 1. The fourth-order valence-corrected chi connectivity index (χ4v) is 3.45. The second kappa shape index (κ2) is 5.23. The lowest BCUT2D eigenvalue weighted by molar-refractivity contribution is 0.103. The van der Waals surface area contributed by atoms with E-state index in [1.165, 1.54) is 11.3 Å². The van der Waals surface area contributed by atoms with Crippen LogP contribution in [0.2, 0.25) is 5.02 Å². The molecule has 0 atom stereocenters. The lowest BCUT2D eigenvalue weighted by atomic mass is 10.2. The second-order valence-electron chi connectivity index (χ2n) is 4.44. The number of carbonyl (C=O) groups is 1.